The second-order valence-corrected chi connectivity index (χ2v) is 3.65. The monoisotopic (exact) mass is 238 g/mol. The lowest BCUT2D eigenvalue weighted by molar-refractivity contribution is -0.384. The molecule has 0 spiro atoms. The van der Waals surface area contributed by atoms with Gasteiger partial charge in [0, 0.05) is 31.9 Å². The van der Waals surface area contributed by atoms with E-state index in [0.717, 1.165) is 38.3 Å². The van der Waals surface area contributed by atoms with E-state index in [9.17, 15) is 10.1 Å². The molecule has 0 atom stereocenters. The van der Waals surface area contributed by atoms with Crippen LogP contribution >= 0.6 is 0 Å². The smallest absolute Gasteiger partial charge is 0.269 e. The second-order valence-electron chi connectivity index (χ2n) is 3.65. The first-order valence-corrected chi connectivity index (χ1v) is 5.76. The first kappa shape index (κ1) is 13.6. The van der Waals surface area contributed by atoms with Gasteiger partial charge in [0.15, 0.2) is 0 Å². The van der Waals surface area contributed by atoms with Gasteiger partial charge in [-0.3, -0.25) is 10.1 Å². The summed E-state index contributed by atoms with van der Waals surface area (Å²) in [5.74, 6) is 0. The molecular weight excluding hydrogens is 220 g/mol. The summed E-state index contributed by atoms with van der Waals surface area (Å²) in [4.78, 5) is 10.1. The minimum atomic E-state index is -0.390. The van der Waals surface area contributed by atoms with Crippen molar-refractivity contribution in [2.45, 2.75) is 19.9 Å². The summed E-state index contributed by atoms with van der Waals surface area (Å²) in [5, 5.41) is 13.7. The van der Waals surface area contributed by atoms with E-state index >= 15 is 0 Å². The number of rotatable bonds is 8. The maximum absolute atomic E-state index is 10.4. The summed E-state index contributed by atoms with van der Waals surface area (Å²) >= 11 is 0. The Hall–Kier alpha value is -1.46. The van der Waals surface area contributed by atoms with Crippen molar-refractivity contribution < 1.29 is 9.66 Å². The molecule has 5 nitrogen and oxygen atoms in total. The number of nitrogens with zero attached hydrogens (tertiary/aromatic N) is 1. The summed E-state index contributed by atoms with van der Waals surface area (Å²) in [7, 11) is 0. The van der Waals surface area contributed by atoms with E-state index < -0.39 is 0 Å². The molecule has 0 heterocycles. The number of hydrogen-bond acceptors (Lipinski definition) is 4. The first-order chi connectivity index (χ1) is 8.24. The van der Waals surface area contributed by atoms with E-state index in [1.165, 1.54) is 12.1 Å². The fourth-order valence-electron chi connectivity index (χ4n) is 1.41. The highest BCUT2D eigenvalue weighted by molar-refractivity contribution is 5.32. The van der Waals surface area contributed by atoms with Crippen molar-refractivity contribution in [2.24, 2.45) is 0 Å². The third kappa shape index (κ3) is 5.42. The molecule has 0 unspecified atom stereocenters. The average Bonchev–Trinajstić information content (AvgIpc) is 2.34. The molecule has 0 amide bonds. The average molecular weight is 238 g/mol. The molecule has 94 valence electrons. The Bertz CT molecular complexity index is 338. The van der Waals surface area contributed by atoms with Crippen LogP contribution in [0.3, 0.4) is 0 Å². The third-order valence-corrected chi connectivity index (χ3v) is 2.32. The van der Waals surface area contributed by atoms with Gasteiger partial charge in [0.1, 0.15) is 0 Å². The van der Waals surface area contributed by atoms with E-state index in [1.54, 1.807) is 12.1 Å². The van der Waals surface area contributed by atoms with Gasteiger partial charge in [0.05, 0.1) is 4.92 Å². The van der Waals surface area contributed by atoms with Crippen molar-refractivity contribution in [1.29, 1.82) is 0 Å². The van der Waals surface area contributed by atoms with Gasteiger partial charge in [-0.1, -0.05) is 12.1 Å². The first-order valence-electron chi connectivity index (χ1n) is 5.76. The molecule has 0 bridgehead atoms. The Morgan fingerprint density at radius 2 is 2.06 bits per heavy atom. The number of benzene rings is 1. The van der Waals surface area contributed by atoms with Gasteiger partial charge in [0.2, 0.25) is 0 Å². The third-order valence-electron chi connectivity index (χ3n) is 2.32. The molecule has 5 heteroatoms. The largest absolute Gasteiger partial charge is 0.382 e. The Balaban J connectivity index is 2.21. The second kappa shape index (κ2) is 7.76. The van der Waals surface area contributed by atoms with Crippen molar-refractivity contribution >= 4 is 5.69 Å². The number of nitro benzene ring substituents is 1. The molecule has 0 aliphatic heterocycles. The SMILES string of the molecule is CCOCCCNCc1ccc([N+](=O)[O-])cc1. The molecule has 0 saturated carbocycles. The zero-order valence-electron chi connectivity index (χ0n) is 10.0. The van der Waals surface area contributed by atoms with Gasteiger partial charge >= 0.3 is 0 Å². The van der Waals surface area contributed by atoms with Crippen molar-refractivity contribution in [1.82, 2.24) is 5.32 Å². The zero-order chi connectivity index (χ0) is 12.5. The molecular formula is C12H18N2O3. The fourth-order valence-corrected chi connectivity index (χ4v) is 1.41. The Morgan fingerprint density at radius 3 is 2.65 bits per heavy atom. The van der Waals surface area contributed by atoms with Gasteiger partial charge in [-0.05, 0) is 25.5 Å². The fraction of sp³-hybridized carbons (Fsp3) is 0.500. The van der Waals surface area contributed by atoms with Crippen molar-refractivity contribution in [3.8, 4) is 0 Å². The van der Waals surface area contributed by atoms with Crippen LogP contribution in [-0.2, 0) is 11.3 Å². The number of ether oxygens (including phenoxy) is 1. The molecule has 1 aromatic carbocycles. The highest BCUT2D eigenvalue weighted by Crippen LogP contribution is 2.11. The maximum atomic E-state index is 10.4. The predicted molar refractivity (Wildman–Crippen MR) is 65.9 cm³/mol. The lowest BCUT2D eigenvalue weighted by Gasteiger charge is -2.04. The van der Waals surface area contributed by atoms with E-state index in [1.807, 2.05) is 6.92 Å². The van der Waals surface area contributed by atoms with Crippen LogP contribution in [0.15, 0.2) is 24.3 Å². The predicted octanol–water partition coefficient (Wildman–Crippen LogP) is 2.11. The van der Waals surface area contributed by atoms with Crippen molar-refractivity contribution in [2.75, 3.05) is 19.8 Å². The van der Waals surface area contributed by atoms with E-state index in [4.69, 9.17) is 4.74 Å². The standard InChI is InChI=1S/C12H18N2O3/c1-2-17-9-3-8-13-10-11-4-6-12(7-5-11)14(15)16/h4-7,13H,2-3,8-10H2,1H3. The molecule has 0 radical (unpaired) electrons. The molecule has 0 aliphatic carbocycles. The van der Waals surface area contributed by atoms with E-state index in [-0.39, 0.29) is 10.6 Å². The van der Waals surface area contributed by atoms with E-state index in [0.29, 0.717) is 0 Å². The summed E-state index contributed by atoms with van der Waals surface area (Å²) in [6.07, 6.45) is 0.973. The molecule has 0 aromatic heterocycles. The van der Waals surface area contributed by atoms with Crippen LogP contribution in [0.4, 0.5) is 5.69 Å². The van der Waals surface area contributed by atoms with Gasteiger partial charge in [-0.15, -0.1) is 0 Å². The lowest BCUT2D eigenvalue weighted by atomic mass is 10.2. The maximum Gasteiger partial charge on any atom is 0.269 e. The van der Waals surface area contributed by atoms with Crippen molar-refractivity contribution in [3.63, 3.8) is 0 Å². The molecule has 0 fully saturated rings. The number of nitro groups is 1. The molecule has 1 aromatic rings. The van der Waals surface area contributed by atoms with Crippen LogP contribution in [0.2, 0.25) is 0 Å². The molecule has 0 aliphatic rings. The molecule has 1 rings (SSSR count). The molecule has 0 saturated heterocycles. The Morgan fingerprint density at radius 1 is 1.35 bits per heavy atom. The summed E-state index contributed by atoms with van der Waals surface area (Å²) in [6, 6.07) is 6.59. The highest BCUT2D eigenvalue weighted by atomic mass is 16.6. The minimum Gasteiger partial charge on any atom is -0.382 e. The topological polar surface area (TPSA) is 64.4 Å². The van der Waals surface area contributed by atoms with Crippen LogP contribution < -0.4 is 5.32 Å². The molecule has 1 N–H and O–H groups in total. The van der Waals surface area contributed by atoms with Crippen molar-refractivity contribution in [3.05, 3.63) is 39.9 Å². The quantitative estimate of drug-likeness (QED) is 0.428. The summed E-state index contributed by atoms with van der Waals surface area (Å²) in [6.45, 7) is 5.11. The summed E-state index contributed by atoms with van der Waals surface area (Å²) < 4.78 is 5.21. The van der Waals surface area contributed by atoms with Crippen LogP contribution in [0.25, 0.3) is 0 Å². The normalized spacial score (nSPS) is 10.4. The molecule has 17 heavy (non-hydrogen) atoms. The Kier molecular flexibility index (Phi) is 6.21. The van der Waals surface area contributed by atoms with Gasteiger partial charge in [-0.25, -0.2) is 0 Å². The van der Waals surface area contributed by atoms with Crippen LogP contribution in [0, 0.1) is 10.1 Å². The Labute approximate surface area is 101 Å². The van der Waals surface area contributed by atoms with Crippen LogP contribution in [0.1, 0.15) is 18.9 Å². The lowest BCUT2D eigenvalue weighted by Crippen LogP contribution is -2.16. The highest BCUT2D eigenvalue weighted by Gasteiger charge is 2.03. The zero-order valence-corrected chi connectivity index (χ0v) is 10.0. The number of non-ortho nitro benzene ring substituents is 1. The number of nitrogens with one attached hydrogen (secondary N) is 1. The van der Waals surface area contributed by atoms with Gasteiger partial charge in [0.25, 0.3) is 5.69 Å². The van der Waals surface area contributed by atoms with Gasteiger partial charge in [-0.2, -0.15) is 0 Å². The van der Waals surface area contributed by atoms with E-state index in [2.05, 4.69) is 5.32 Å². The number of hydrogen-bond donors (Lipinski definition) is 1. The summed E-state index contributed by atoms with van der Waals surface area (Å²) in [5.41, 5.74) is 1.18. The van der Waals surface area contributed by atoms with Gasteiger partial charge < -0.3 is 10.1 Å². The van der Waals surface area contributed by atoms with Crippen LogP contribution in [0.5, 0.6) is 0 Å². The van der Waals surface area contributed by atoms with Crippen LogP contribution in [-0.4, -0.2) is 24.7 Å². The minimum absolute atomic E-state index is 0.130.